The molecule has 132 valence electrons. The molecule has 0 aliphatic heterocycles. The van der Waals surface area contributed by atoms with Gasteiger partial charge in [-0.15, -0.1) is 24.0 Å². The summed E-state index contributed by atoms with van der Waals surface area (Å²) in [5.41, 5.74) is 5.80. The zero-order chi connectivity index (χ0) is 16.9. The fraction of sp³-hybridized carbons (Fsp3) is 0.600. The predicted octanol–water partition coefficient (Wildman–Crippen LogP) is 2.21. The number of halogens is 2. The van der Waals surface area contributed by atoms with Crippen molar-refractivity contribution in [3.8, 4) is 0 Å². The van der Waals surface area contributed by atoms with Gasteiger partial charge in [0.1, 0.15) is 0 Å². The van der Waals surface area contributed by atoms with Crippen LogP contribution in [-0.2, 0) is 18.4 Å². The maximum Gasteiger partial charge on any atom is 0.224 e. The van der Waals surface area contributed by atoms with Gasteiger partial charge in [-0.25, -0.2) is 0 Å². The van der Waals surface area contributed by atoms with Gasteiger partial charge in [0, 0.05) is 32.5 Å². The third-order valence-electron chi connectivity index (χ3n) is 3.46. The van der Waals surface area contributed by atoms with Crippen molar-refractivity contribution in [2.24, 2.45) is 23.2 Å². The Morgan fingerprint density at radius 3 is 2.57 bits per heavy atom. The summed E-state index contributed by atoms with van der Waals surface area (Å²) in [5.74, 6) is 0.373. The summed E-state index contributed by atoms with van der Waals surface area (Å²) in [6.07, 6.45) is 1.87. The van der Waals surface area contributed by atoms with Crippen molar-refractivity contribution in [1.82, 2.24) is 14.8 Å². The lowest BCUT2D eigenvalue weighted by Crippen LogP contribution is -2.41. The lowest BCUT2D eigenvalue weighted by molar-refractivity contribution is -0.125. The van der Waals surface area contributed by atoms with Gasteiger partial charge in [-0.1, -0.05) is 11.6 Å². The van der Waals surface area contributed by atoms with Crippen LogP contribution in [0.15, 0.2) is 17.3 Å². The zero-order valence-corrected chi connectivity index (χ0v) is 17.5. The van der Waals surface area contributed by atoms with Crippen LogP contribution >= 0.6 is 35.6 Å². The van der Waals surface area contributed by atoms with E-state index in [0.29, 0.717) is 18.1 Å². The molecule has 0 aromatic carbocycles. The van der Waals surface area contributed by atoms with Gasteiger partial charge in [0.05, 0.1) is 23.5 Å². The van der Waals surface area contributed by atoms with E-state index in [4.69, 9.17) is 17.3 Å². The Kier molecular flexibility index (Phi) is 8.97. The maximum absolute atomic E-state index is 11.4. The molecule has 3 N–H and O–H groups in total. The lowest BCUT2D eigenvalue weighted by atomic mass is 9.93. The normalized spacial score (nSPS) is 11.8. The van der Waals surface area contributed by atoms with Crippen LogP contribution in [0.3, 0.4) is 0 Å². The number of nitrogens with two attached hydrogens (primary N) is 1. The number of carbonyl (C=O) groups is 1. The number of nitrogens with zero attached hydrogens (tertiary/aromatic N) is 3. The molecular formula is C15H27ClIN5O. The molecule has 1 aromatic rings. The molecule has 1 rings (SSSR count). The van der Waals surface area contributed by atoms with Crippen molar-refractivity contribution in [1.29, 1.82) is 0 Å². The summed E-state index contributed by atoms with van der Waals surface area (Å²) in [4.78, 5) is 17.9. The van der Waals surface area contributed by atoms with Crippen molar-refractivity contribution in [2.45, 2.75) is 27.3 Å². The number of hydrogen-bond acceptors (Lipinski definition) is 2. The van der Waals surface area contributed by atoms with E-state index in [0.717, 1.165) is 18.2 Å². The van der Waals surface area contributed by atoms with Crippen molar-refractivity contribution >= 4 is 47.4 Å². The predicted molar refractivity (Wildman–Crippen MR) is 106 cm³/mol. The quantitative estimate of drug-likeness (QED) is 0.392. The third kappa shape index (κ3) is 6.58. The second-order valence-corrected chi connectivity index (χ2v) is 6.47. The number of hydrogen-bond donors (Lipinski definition) is 2. The molecule has 1 heterocycles. The van der Waals surface area contributed by atoms with Crippen LogP contribution in [0, 0.1) is 5.41 Å². The minimum Gasteiger partial charge on any atom is -0.369 e. The van der Waals surface area contributed by atoms with E-state index >= 15 is 0 Å². The molecule has 8 heteroatoms. The molecule has 0 fully saturated rings. The number of aromatic nitrogens is 1. The number of primary amides is 1. The van der Waals surface area contributed by atoms with Crippen LogP contribution in [0.25, 0.3) is 0 Å². The first kappa shape index (κ1) is 22.0. The van der Waals surface area contributed by atoms with Crippen LogP contribution in [0.5, 0.6) is 0 Å². The molecule has 0 saturated carbocycles. The molecule has 0 saturated heterocycles. The van der Waals surface area contributed by atoms with Crippen LogP contribution in [0.4, 0.5) is 0 Å². The Hall–Kier alpha value is -0.960. The minimum atomic E-state index is -0.671. The molecule has 0 aliphatic rings. The fourth-order valence-corrected chi connectivity index (χ4v) is 2.13. The molecular weight excluding hydrogens is 429 g/mol. The van der Waals surface area contributed by atoms with E-state index in [2.05, 4.69) is 10.3 Å². The van der Waals surface area contributed by atoms with Gasteiger partial charge in [0.15, 0.2) is 5.96 Å². The molecule has 23 heavy (non-hydrogen) atoms. The molecule has 0 radical (unpaired) electrons. The van der Waals surface area contributed by atoms with E-state index in [9.17, 15) is 4.79 Å². The first-order chi connectivity index (χ1) is 10.2. The zero-order valence-electron chi connectivity index (χ0n) is 14.4. The summed E-state index contributed by atoms with van der Waals surface area (Å²) < 4.78 is 1.98. The first-order valence-electron chi connectivity index (χ1n) is 7.27. The van der Waals surface area contributed by atoms with Gasteiger partial charge >= 0.3 is 0 Å². The van der Waals surface area contributed by atoms with Crippen molar-refractivity contribution in [3.63, 3.8) is 0 Å². The Bertz CT molecular complexity index is 556. The van der Waals surface area contributed by atoms with Crippen molar-refractivity contribution < 1.29 is 4.79 Å². The molecule has 1 aromatic heterocycles. The first-order valence-corrected chi connectivity index (χ1v) is 7.65. The fourth-order valence-electron chi connectivity index (χ4n) is 1.86. The summed E-state index contributed by atoms with van der Waals surface area (Å²) in [6, 6.07) is 1.93. The van der Waals surface area contributed by atoms with E-state index in [-0.39, 0.29) is 29.9 Å². The van der Waals surface area contributed by atoms with Gasteiger partial charge in [-0.3, -0.25) is 9.79 Å². The number of aryl methyl sites for hydroxylation is 1. The average molecular weight is 456 g/mol. The number of carbonyl (C=O) groups excluding carboxylic acids is 1. The monoisotopic (exact) mass is 455 g/mol. The molecule has 0 bridgehead atoms. The standard InChI is InChI=1S/C15H26ClN5O.HI/c1-6-18-14(19-10-15(2,3)13(17)22)21(5)9-12-7-11(16)8-20(12)4;/h7-8H,6,9-10H2,1-5H3,(H2,17,22)(H,18,19);1H. The molecule has 1 amide bonds. The molecule has 0 spiro atoms. The van der Waals surface area contributed by atoms with Crippen molar-refractivity contribution in [3.05, 3.63) is 23.0 Å². The second-order valence-electron chi connectivity index (χ2n) is 6.03. The average Bonchev–Trinajstić information content (AvgIpc) is 2.72. The maximum atomic E-state index is 11.4. The van der Waals surface area contributed by atoms with Gasteiger partial charge < -0.3 is 20.5 Å². The largest absolute Gasteiger partial charge is 0.369 e. The Balaban J connectivity index is 0.00000484. The highest BCUT2D eigenvalue weighted by Gasteiger charge is 2.25. The molecule has 6 nitrogen and oxygen atoms in total. The smallest absolute Gasteiger partial charge is 0.224 e. The van der Waals surface area contributed by atoms with Crippen LogP contribution in [-0.4, -0.2) is 41.5 Å². The third-order valence-corrected chi connectivity index (χ3v) is 3.67. The van der Waals surface area contributed by atoms with E-state index < -0.39 is 5.41 Å². The summed E-state index contributed by atoms with van der Waals surface area (Å²) >= 11 is 6.01. The highest BCUT2D eigenvalue weighted by atomic mass is 127. The summed E-state index contributed by atoms with van der Waals surface area (Å²) in [7, 11) is 3.90. The van der Waals surface area contributed by atoms with Gasteiger partial charge in [0.25, 0.3) is 0 Å². The minimum absolute atomic E-state index is 0. The van der Waals surface area contributed by atoms with Gasteiger partial charge in [-0.05, 0) is 26.8 Å². The number of amides is 1. The summed E-state index contributed by atoms with van der Waals surface area (Å²) in [5, 5.41) is 3.93. The number of guanidine groups is 1. The molecule has 0 aliphatic carbocycles. The summed E-state index contributed by atoms with van der Waals surface area (Å²) in [6.45, 7) is 7.32. The number of aliphatic imine (C=N–C) groups is 1. The van der Waals surface area contributed by atoms with Gasteiger partial charge in [0.2, 0.25) is 5.91 Å². The number of rotatable bonds is 6. The van der Waals surface area contributed by atoms with Crippen LogP contribution in [0.1, 0.15) is 26.5 Å². The molecule has 0 unspecified atom stereocenters. The highest BCUT2D eigenvalue weighted by molar-refractivity contribution is 14.0. The Morgan fingerprint density at radius 2 is 2.13 bits per heavy atom. The van der Waals surface area contributed by atoms with Crippen molar-refractivity contribution in [2.75, 3.05) is 20.1 Å². The second kappa shape index (κ2) is 9.36. The molecule has 0 atom stereocenters. The van der Waals surface area contributed by atoms with Crippen LogP contribution < -0.4 is 11.1 Å². The number of nitrogens with one attached hydrogen (secondary N) is 1. The lowest BCUT2D eigenvalue weighted by Gasteiger charge is -2.24. The van der Waals surface area contributed by atoms with Crippen LogP contribution in [0.2, 0.25) is 5.02 Å². The Morgan fingerprint density at radius 1 is 1.52 bits per heavy atom. The SMILES string of the molecule is CCNC(=NCC(C)(C)C(N)=O)N(C)Cc1cc(Cl)cn1C.I. The van der Waals surface area contributed by atoms with E-state index in [1.54, 1.807) is 13.8 Å². The highest BCUT2D eigenvalue weighted by Crippen LogP contribution is 2.16. The Labute approximate surface area is 160 Å². The topological polar surface area (TPSA) is 75.6 Å². The van der Waals surface area contributed by atoms with E-state index in [1.165, 1.54) is 0 Å². The van der Waals surface area contributed by atoms with E-state index in [1.807, 2.05) is 42.7 Å². The van der Waals surface area contributed by atoms with Gasteiger partial charge in [-0.2, -0.15) is 0 Å².